The van der Waals surface area contributed by atoms with Gasteiger partial charge < -0.3 is 15.0 Å². The molecule has 0 spiro atoms. The number of hydrogen-bond donors (Lipinski definition) is 1. The maximum absolute atomic E-state index is 13.1. The molecule has 2 aromatic rings. The van der Waals surface area contributed by atoms with Crippen LogP contribution in [0.3, 0.4) is 0 Å². The lowest BCUT2D eigenvalue weighted by molar-refractivity contribution is -0.122. The average Bonchev–Trinajstić information content (AvgIpc) is 2.74. The highest BCUT2D eigenvalue weighted by Crippen LogP contribution is 2.30. The van der Waals surface area contributed by atoms with E-state index in [0.29, 0.717) is 30.1 Å². The van der Waals surface area contributed by atoms with Crippen molar-refractivity contribution in [1.29, 1.82) is 5.26 Å². The first kappa shape index (κ1) is 20.5. The van der Waals surface area contributed by atoms with Crippen LogP contribution in [0.4, 0.5) is 5.82 Å². The van der Waals surface area contributed by atoms with Gasteiger partial charge in [0.2, 0.25) is 5.91 Å². The topological polar surface area (TPSA) is 91.1 Å². The molecule has 0 bridgehead atoms. The number of amides is 1. The molecule has 1 aliphatic heterocycles. The van der Waals surface area contributed by atoms with Gasteiger partial charge in [0, 0.05) is 19.1 Å². The van der Waals surface area contributed by atoms with Crippen molar-refractivity contribution in [2.45, 2.75) is 70.1 Å². The van der Waals surface area contributed by atoms with Crippen LogP contribution >= 0.6 is 0 Å². The third kappa shape index (κ3) is 4.39. The highest BCUT2D eigenvalue weighted by molar-refractivity contribution is 5.89. The van der Waals surface area contributed by atoms with Crippen molar-refractivity contribution in [3.05, 3.63) is 30.0 Å². The summed E-state index contributed by atoms with van der Waals surface area (Å²) in [5.41, 5.74) is 1.88. The number of nitrogens with one attached hydrogen (secondary N) is 1. The van der Waals surface area contributed by atoms with E-state index in [1.165, 1.54) is 6.42 Å². The van der Waals surface area contributed by atoms with Crippen LogP contribution in [-0.2, 0) is 9.53 Å². The largest absolute Gasteiger partial charge is 0.372 e. The fourth-order valence-electron chi connectivity index (χ4n) is 4.56. The summed E-state index contributed by atoms with van der Waals surface area (Å²) in [6.45, 7) is 5.34. The lowest BCUT2D eigenvalue weighted by Crippen LogP contribution is -2.47. The molecule has 1 aromatic carbocycles. The Morgan fingerprint density at radius 2 is 1.77 bits per heavy atom. The molecule has 30 heavy (non-hydrogen) atoms. The number of hydrogen-bond acceptors (Lipinski definition) is 6. The highest BCUT2D eigenvalue weighted by atomic mass is 16.5. The monoisotopic (exact) mass is 407 g/mol. The van der Waals surface area contributed by atoms with E-state index in [1.807, 2.05) is 38.1 Å². The maximum Gasteiger partial charge on any atom is 0.243 e. The van der Waals surface area contributed by atoms with Gasteiger partial charge in [-0.25, -0.2) is 9.97 Å². The third-order valence-corrected chi connectivity index (χ3v) is 5.91. The Labute approximate surface area is 177 Å². The summed E-state index contributed by atoms with van der Waals surface area (Å²) in [6.07, 6.45) is 5.45. The zero-order valence-electron chi connectivity index (χ0n) is 17.7. The molecular weight excluding hydrogens is 378 g/mol. The number of anilines is 1. The van der Waals surface area contributed by atoms with Gasteiger partial charge in [-0.3, -0.25) is 4.79 Å². The van der Waals surface area contributed by atoms with Crippen molar-refractivity contribution in [1.82, 2.24) is 15.3 Å². The molecule has 7 heteroatoms. The lowest BCUT2D eigenvalue weighted by atomic mass is 9.94. The van der Waals surface area contributed by atoms with Crippen LogP contribution < -0.4 is 10.2 Å². The molecule has 2 heterocycles. The predicted octanol–water partition coefficient (Wildman–Crippen LogP) is 3.30. The molecule has 1 aromatic heterocycles. The molecule has 1 saturated carbocycles. The summed E-state index contributed by atoms with van der Waals surface area (Å²) in [4.78, 5) is 24.8. The van der Waals surface area contributed by atoms with E-state index in [9.17, 15) is 10.1 Å². The standard InChI is InChI=1S/C23H29N5O2/c1-15-13-28(14-16(2)30-15)22-21(26-19-10-6-7-11-20(19)27-22)18(12-24)23(29)25-17-8-4-3-5-9-17/h6-7,10-11,15-18H,3-5,8-9,13-14H2,1-2H3,(H,25,29)/t15-,16-,18+/m0/s1. The molecule has 1 amide bonds. The number of para-hydroxylation sites is 2. The number of carbonyl (C=O) groups is 1. The van der Waals surface area contributed by atoms with Gasteiger partial charge in [0.25, 0.3) is 0 Å². The van der Waals surface area contributed by atoms with E-state index < -0.39 is 5.92 Å². The van der Waals surface area contributed by atoms with Gasteiger partial charge in [-0.05, 0) is 38.8 Å². The fraction of sp³-hybridized carbons (Fsp3) is 0.565. The summed E-state index contributed by atoms with van der Waals surface area (Å²) in [7, 11) is 0. The second-order valence-corrected chi connectivity index (χ2v) is 8.49. The molecule has 158 valence electrons. The molecule has 1 N–H and O–H groups in total. The Hall–Kier alpha value is -2.72. The van der Waals surface area contributed by atoms with Gasteiger partial charge in [-0.2, -0.15) is 5.26 Å². The summed E-state index contributed by atoms with van der Waals surface area (Å²) >= 11 is 0. The normalized spacial score (nSPS) is 23.7. The van der Waals surface area contributed by atoms with Crippen LogP contribution in [-0.4, -0.2) is 47.2 Å². The maximum atomic E-state index is 13.1. The van der Waals surface area contributed by atoms with Crippen molar-refractivity contribution in [2.75, 3.05) is 18.0 Å². The number of benzene rings is 1. The van der Waals surface area contributed by atoms with Crippen LogP contribution in [0.2, 0.25) is 0 Å². The Bertz CT molecular complexity index is 940. The number of fused-ring (bicyclic) bond motifs is 1. The molecule has 1 aliphatic carbocycles. The number of rotatable bonds is 4. The van der Waals surface area contributed by atoms with Gasteiger partial charge in [-0.15, -0.1) is 0 Å². The molecule has 7 nitrogen and oxygen atoms in total. The Balaban J connectivity index is 1.71. The van der Waals surface area contributed by atoms with Crippen LogP contribution in [0.15, 0.2) is 24.3 Å². The van der Waals surface area contributed by atoms with Crippen molar-refractivity contribution < 1.29 is 9.53 Å². The van der Waals surface area contributed by atoms with E-state index in [2.05, 4.69) is 16.3 Å². The quantitative estimate of drug-likeness (QED) is 0.836. The first-order chi connectivity index (χ1) is 14.5. The van der Waals surface area contributed by atoms with Gasteiger partial charge in [0.1, 0.15) is 5.69 Å². The molecule has 0 unspecified atom stereocenters. The summed E-state index contributed by atoms with van der Waals surface area (Å²) in [5.74, 6) is -0.655. The number of ether oxygens (including phenoxy) is 1. The van der Waals surface area contributed by atoms with Crippen molar-refractivity contribution >= 4 is 22.8 Å². The predicted molar refractivity (Wildman–Crippen MR) is 115 cm³/mol. The van der Waals surface area contributed by atoms with Crippen LogP contribution in [0.1, 0.15) is 57.6 Å². The zero-order valence-corrected chi connectivity index (χ0v) is 17.7. The minimum Gasteiger partial charge on any atom is -0.372 e. The van der Waals surface area contributed by atoms with Crippen molar-refractivity contribution in [2.24, 2.45) is 0 Å². The van der Waals surface area contributed by atoms with E-state index >= 15 is 0 Å². The molecule has 4 rings (SSSR count). The van der Waals surface area contributed by atoms with E-state index in [1.54, 1.807) is 0 Å². The highest BCUT2D eigenvalue weighted by Gasteiger charge is 2.32. The zero-order chi connectivity index (χ0) is 21.1. The van der Waals surface area contributed by atoms with Crippen molar-refractivity contribution in [3.63, 3.8) is 0 Å². The number of morpholine rings is 1. The van der Waals surface area contributed by atoms with E-state index in [4.69, 9.17) is 14.7 Å². The average molecular weight is 408 g/mol. The van der Waals surface area contributed by atoms with Crippen LogP contribution in [0.5, 0.6) is 0 Å². The van der Waals surface area contributed by atoms with Crippen LogP contribution in [0, 0.1) is 11.3 Å². The minimum atomic E-state index is -0.993. The van der Waals surface area contributed by atoms with Gasteiger partial charge >= 0.3 is 0 Å². The summed E-state index contributed by atoms with van der Waals surface area (Å²) in [5, 5.41) is 13.0. The molecule has 2 aliphatic rings. The van der Waals surface area contributed by atoms with Gasteiger partial charge in [0.05, 0.1) is 29.3 Å². The van der Waals surface area contributed by atoms with Crippen molar-refractivity contribution in [3.8, 4) is 6.07 Å². The SMILES string of the molecule is C[C@H]1CN(c2nc3ccccc3nc2[C@@H](C#N)C(=O)NC2CCCCC2)C[C@H](C)O1. The third-order valence-electron chi connectivity index (χ3n) is 5.91. The molecule has 2 fully saturated rings. The number of nitrogens with zero attached hydrogens (tertiary/aromatic N) is 4. The minimum absolute atomic E-state index is 0.0338. The number of aromatic nitrogens is 2. The second kappa shape index (κ2) is 8.97. The molecular formula is C23H29N5O2. The first-order valence-electron chi connectivity index (χ1n) is 10.9. The fourth-order valence-corrected chi connectivity index (χ4v) is 4.56. The Kier molecular flexibility index (Phi) is 6.14. The van der Waals surface area contributed by atoms with Gasteiger partial charge in [-0.1, -0.05) is 31.4 Å². The molecule has 3 atom stereocenters. The number of nitriles is 1. The van der Waals surface area contributed by atoms with Gasteiger partial charge in [0.15, 0.2) is 11.7 Å². The van der Waals surface area contributed by atoms with E-state index in [0.717, 1.165) is 31.2 Å². The lowest BCUT2D eigenvalue weighted by Gasteiger charge is -2.37. The smallest absolute Gasteiger partial charge is 0.243 e. The first-order valence-corrected chi connectivity index (χ1v) is 10.9. The summed E-state index contributed by atoms with van der Waals surface area (Å²) < 4.78 is 5.87. The molecule has 1 saturated heterocycles. The van der Waals surface area contributed by atoms with E-state index in [-0.39, 0.29) is 24.2 Å². The second-order valence-electron chi connectivity index (χ2n) is 8.49. The Morgan fingerprint density at radius 3 is 2.40 bits per heavy atom. The summed E-state index contributed by atoms with van der Waals surface area (Å²) in [6, 6.07) is 9.93. The van der Waals surface area contributed by atoms with Crippen LogP contribution in [0.25, 0.3) is 11.0 Å². The number of carbonyl (C=O) groups excluding carboxylic acids is 1. The Morgan fingerprint density at radius 1 is 1.13 bits per heavy atom. The molecule has 0 radical (unpaired) electrons.